The molecule has 0 unspecified atom stereocenters. The summed E-state index contributed by atoms with van der Waals surface area (Å²) in [6, 6.07) is 5.04. The summed E-state index contributed by atoms with van der Waals surface area (Å²) < 4.78 is 33.3. The number of ether oxygens (including phenoxy) is 1. The van der Waals surface area contributed by atoms with Gasteiger partial charge in [0.1, 0.15) is 34.3 Å². The SMILES string of the molecule is C[C@H](NC(=O)c1c(F)cccc1F)C(=O)Oc1ccc(Br)c2nccnc12. The van der Waals surface area contributed by atoms with Gasteiger partial charge in [-0.3, -0.25) is 9.78 Å². The van der Waals surface area contributed by atoms with Crippen LogP contribution in [0, 0.1) is 11.6 Å². The second-order valence-corrected chi connectivity index (χ2v) is 6.37. The van der Waals surface area contributed by atoms with Crippen LogP contribution in [0.15, 0.2) is 47.2 Å². The topological polar surface area (TPSA) is 81.2 Å². The van der Waals surface area contributed by atoms with Gasteiger partial charge in [-0.1, -0.05) is 6.07 Å². The first kappa shape index (κ1) is 18.8. The van der Waals surface area contributed by atoms with Crippen molar-refractivity contribution < 1.29 is 23.1 Å². The van der Waals surface area contributed by atoms with Crippen molar-refractivity contribution in [3.63, 3.8) is 0 Å². The van der Waals surface area contributed by atoms with E-state index in [1.807, 2.05) is 0 Å². The number of aromatic nitrogens is 2. The average Bonchev–Trinajstić information content (AvgIpc) is 2.64. The molecule has 9 heteroatoms. The highest BCUT2D eigenvalue weighted by Crippen LogP contribution is 2.28. The molecule has 0 saturated heterocycles. The second-order valence-electron chi connectivity index (χ2n) is 5.51. The molecule has 138 valence electrons. The Morgan fingerprint density at radius 3 is 2.37 bits per heavy atom. The summed E-state index contributed by atoms with van der Waals surface area (Å²) in [5, 5.41) is 2.22. The lowest BCUT2D eigenvalue weighted by Crippen LogP contribution is -2.41. The molecule has 1 amide bonds. The fourth-order valence-corrected chi connectivity index (χ4v) is 2.74. The molecule has 3 aromatic rings. The van der Waals surface area contributed by atoms with E-state index in [0.29, 0.717) is 15.5 Å². The van der Waals surface area contributed by atoms with E-state index in [4.69, 9.17) is 4.74 Å². The summed E-state index contributed by atoms with van der Waals surface area (Å²) in [5.74, 6) is -3.79. The van der Waals surface area contributed by atoms with E-state index in [-0.39, 0.29) is 5.75 Å². The molecule has 2 aromatic carbocycles. The van der Waals surface area contributed by atoms with Gasteiger partial charge in [-0.15, -0.1) is 0 Å². The van der Waals surface area contributed by atoms with E-state index < -0.39 is 35.1 Å². The normalized spacial score (nSPS) is 11.9. The molecule has 27 heavy (non-hydrogen) atoms. The van der Waals surface area contributed by atoms with Gasteiger partial charge in [-0.25, -0.2) is 18.6 Å². The number of hydrogen-bond acceptors (Lipinski definition) is 5. The first-order valence-corrected chi connectivity index (χ1v) is 8.53. The maximum absolute atomic E-state index is 13.7. The number of fused-ring (bicyclic) bond motifs is 1. The van der Waals surface area contributed by atoms with Crippen LogP contribution in [0.4, 0.5) is 8.78 Å². The monoisotopic (exact) mass is 435 g/mol. The van der Waals surface area contributed by atoms with E-state index in [9.17, 15) is 18.4 Å². The smallest absolute Gasteiger partial charge is 0.333 e. The van der Waals surface area contributed by atoms with Gasteiger partial charge in [-0.2, -0.15) is 0 Å². The number of carbonyl (C=O) groups excluding carboxylic acids is 2. The van der Waals surface area contributed by atoms with Crippen molar-refractivity contribution in [1.82, 2.24) is 15.3 Å². The van der Waals surface area contributed by atoms with Crippen LogP contribution in [-0.4, -0.2) is 27.9 Å². The van der Waals surface area contributed by atoms with Crippen LogP contribution in [0.1, 0.15) is 17.3 Å². The van der Waals surface area contributed by atoms with Crippen molar-refractivity contribution in [3.8, 4) is 5.75 Å². The number of esters is 1. The predicted molar refractivity (Wildman–Crippen MR) is 96.2 cm³/mol. The van der Waals surface area contributed by atoms with Crippen LogP contribution in [0.5, 0.6) is 5.75 Å². The molecule has 0 aliphatic heterocycles. The van der Waals surface area contributed by atoms with Crippen LogP contribution >= 0.6 is 15.9 Å². The molecular formula is C18H12BrF2N3O3. The molecule has 0 aliphatic carbocycles. The van der Waals surface area contributed by atoms with Crippen LogP contribution in [-0.2, 0) is 4.79 Å². The minimum atomic E-state index is -1.16. The van der Waals surface area contributed by atoms with Crippen LogP contribution in [0.3, 0.4) is 0 Å². The first-order chi connectivity index (χ1) is 12.9. The zero-order valence-corrected chi connectivity index (χ0v) is 15.5. The summed E-state index contributed by atoms with van der Waals surface area (Å²) in [6.45, 7) is 1.34. The van der Waals surface area contributed by atoms with Gasteiger partial charge in [0, 0.05) is 16.9 Å². The fraction of sp³-hybridized carbons (Fsp3) is 0.111. The van der Waals surface area contributed by atoms with Crippen molar-refractivity contribution >= 4 is 38.8 Å². The summed E-state index contributed by atoms with van der Waals surface area (Å²) in [5.41, 5.74) is 0.0731. The Kier molecular flexibility index (Phi) is 5.41. The van der Waals surface area contributed by atoms with Gasteiger partial charge in [-0.05, 0) is 47.1 Å². The summed E-state index contributed by atoms with van der Waals surface area (Å²) in [6.07, 6.45) is 2.93. The minimum absolute atomic E-state index is 0.143. The molecule has 0 saturated carbocycles. The third-order valence-corrected chi connectivity index (χ3v) is 4.28. The Morgan fingerprint density at radius 1 is 1.07 bits per heavy atom. The minimum Gasteiger partial charge on any atom is -0.423 e. The van der Waals surface area contributed by atoms with Crippen molar-refractivity contribution in [2.75, 3.05) is 0 Å². The molecule has 0 spiro atoms. The van der Waals surface area contributed by atoms with Gasteiger partial charge in [0.25, 0.3) is 5.91 Å². The van der Waals surface area contributed by atoms with E-state index >= 15 is 0 Å². The zero-order valence-electron chi connectivity index (χ0n) is 13.9. The van der Waals surface area contributed by atoms with E-state index in [0.717, 1.165) is 18.2 Å². The first-order valence-electron chi connectivity index (χ1n) is 7.74. The van der Waals surface area contributed by atoms with Gasteiger partial charge in [0.05, 0.1) is 0 Å². The molecule has 0 bridgehead atoms. The lowest BCUT2D eigenvalue weighted by Gasteiger charge is -2.14. The number of rotatable bonds is 4. The highest BCUT2D eigenvalue weighted by Gasteiger charge is 2.23. The summed E-state index contributed by atoms with van der Waals surface area (Å²) in [7, 11) is 0. The van der Waals surface area contributed by atoms with Gasteiger partial charge >= 0.3 is 5.97 Å². The Balaban J connectivity index is 1.77. The molecule has 1 atom stereocenters. The highest BCUT2D eigenvalue weighted by atomic mass is 79.9. The maximum Gasteiger partial charge on any atom is 0.333 e. The van der Waals surface area contributed by atoms with Crippen molar-refractivity contribution in [2.24, 2.45) is 0 Å². The number of amides is 1. The number of nitrogens with zero attached hydrogens (tertiary/aromatic N) is 2. The second kappa shape index (κ2) is 7.75. The van der Waals surface area contributed by atoms with Gasteiger partial charge in [0.2, 0.25) is 0 Å². The zero-order chi connectivity index (χ0) is 19.6. The predicted octanol–water partition coefficient (Wildman–Crippen LogP) is 3.39. The van der Waals surface area contributed by atoms with Crippen molar-refractivity contribution in [3.05, 3.63) is 64.4 Å². The van der Waals surface area contributed by atoms with Gasteiger partial charge < -0.3 is 10.1 Å². The van der Waals surface area contributed by atoms with E-state index in [1.165, 1.54) is 25.4 Å². The lowest BCUT2D eigenvalue weighted by molar-refractivity contribution is -0.136. The fourth-order valence-electron chi connectivity index (χ4n) is 2.32. The van der Waals surface area contributed by atoms with Crippen LogP contribution < -0.4 is 10.1 Å². The van der Waals surface area contributed by atoms with Crippen LogP contribution in [0.2, 0.25) is 0 Å². The van der Waals surface area contributed by atoms with Gasteiger partial charge in [0.15, 0.2) is 5.75 Å². The van der Waals surface area contributed by atoms with E-state index in [1.54, 1.807) is 6.07 Å². The molecule has 1 N–H and O–H groups in total. The Morgan fingerprint density at radius 2 is 1.70 bits per heavy atom. The number of nitrogens with one attached hydrogen (secondary N) is 1. The maximum atomic E-state index is 13.7. The molecule has 0 radical (unpaired) electrons. The molecule has 0 fully saturated rings. The van der Waals surface area contributed by atoms with Crippen LogP contribution in [0.25, 0.3) is 11.0 Å². The Bertz CT molecular complexity index is 1030. The molecule has 3 rings (SSSR count). The van der Waals surface area contributed by atoms with Crippen molar-refractivity contribution in [1.29, 1.82) is 0 Å². The number of halogens is 3. The molecule has 1 heterocycles. The number of hydrogen-bond donors (Lipinski definition) is 1. The highest BCUT2D eigenvalue weighted by molar-refractivity contribution is 9.10. The molecule has 6 nitrogen and oxygen atoms in total. The van der Waals surface area contributed by atoms with Crippen molar-refractivity contribution in [2.45, 2.75) is 13.0 Å². The molecular weight excluding hydrogens is 424 g/mol. The summed E-state index contributed by atoms with van der Waals surface area (Å²) >= 11 is 3.33. The largest absolute Gasteiger partial charge is 0.423 e. The standard InChI is InChI=1S/C18H12BrF2N3O3/c1-9(24-17(25)14-11(20)3-2-4-12(14)21)18(26)27-13-6-5-10(19)15-16(13)23-8-7-22-15/h2-9H,1H3,(H,24,25)/t9-/m0/s1. The third-order valence-electron chi connectivity index (χ3n) is 3.64. The Hall–Kier alpha value is -2.94. The molecule has 0 aliphatic rings. The van der Waals surface area contributed by atoms with E-state index in [2.05, 4.69) is 31.2 Å². The number of benzene rings is 2. The lowest BCUT2D eigenvalue weighted by atomic mass is 10.1. The third kappa shape index (κ3) is 3.92. The molecule has 1 aromatic heterocycles. The summed E-state index contributed by atoms with van der Waals surface area (Å²) in [4.78, 5) is 32.7. The average molecular weight is 436 g/mol. The Labute approximate surface area is 160 Å². The number of carbonyl (C=O) groups is 2. The quantitative estimate of drug-likeness (QED) is 0.501.